The summed E-state index contributed by atoms with van der Waals surface area (Å²) >= 11 is -0.963. The third-order valence-electron chi connectivity index (χ3n) is 3.91. The lowest BCUT2D eigenvalue weighted by molar-refractivity contribution is 0.102. The van der Waals surface area contributed by atoms with E-state index in [0.717, 1.165) is 11.8 Å². The Morgan fingerprint density at radius 2 is 1.81 bits per heavy atom. The van der Waals surface area contributed by atoms with Crippen LogP contribution < -0.4 is 8.59 Å². The van der Waals surface area contributed by atoms with Crippen LogP contribution in [0.4, 0.5) is 30.8 Å². The first-order valence-corrected chi connectivity index (χ1v) is 12.9. The van der Waals surface area contributed by atoms with Crippen LogP contribution >= 0.6 is 43.5 Å². The predicted octanol–water partition coefficient (Wildman–Crippen LogP) is 6.30. The van der Waals surface area contributed by atoms with Gasteiger partial charge in [-0.25, -0.2) is 3.07 Å². The van der Waals surface area contributed by atoms with Gasteiger partial charge >= 0.3 is 10.2 Å². The van der Waals surface area contributed by atoms with E-state index < -0.39 is 42.5 Å². The third-order valence-corrected chi connectivity index (χ3v) is 7.14. The molecule has 0 spiro atoms. The average molecular weight is 609 g/mol. The van der Waals surface area contributed by atoms with E-state index in [2.05, 4.69) is 15.5 Å². The van der Waals surface area contributed by atoms with Crippen LogP contribution in [0.2, 0.25) is 0 Å². The van der Waals surface area contributed by atoms with Crippen molar-refractivity contribution in [2.24, 2.45) is 7.05 Å². The zero-order valence-electron chi connectivity index (χ0n) is 15.8. The van der Waals surface area contributed by atoms with Crippen LogP contribution in [0.15, 0.2) is 63.7 Å². The van der Waals surface area contributed by atoms with E-state index in [1.165, 1.54) is 24.5 Å². The van der Waals surface area contributed by atoms with Crippen LogP contribution in [0.1, 0.15) is 10.4 Å². The summed E-state index contributed by atoms with van der Waals surface area (Å²) in [6.07, 6.45) is 1.42. The van der Waals surface area contributed by atoms with Crippen LogP contribution in [0.5, 0.6) is 0 Å². The number of rotatable bonds is 7. The molecule has 2 N–H and O–H groups in total. The fourth-order valence-corrected chi connectivity index (χ4v) is 4.45. The minimum Gasteiger partial charge on any atom is -0.322 e. The van der Waals surface area contributed by atoms with Crippen molar-refractivity contribution in [2.75, 3.05) is 8.59 Å². The molecule has 0 unspecified atom stereocenters. The second-order valence-corrected chi connectivity index (χ2v) is 11.0. The van der Waals surface area contributed by atoms with Crippen LogP contribution in [-0.2, 0) is 10.1 Å². The van der Waals surface area contributed by atoms with Gasteiger partial charge in [-0.1, -0.05) is 19.4 Å². The highest BCUT2D eigenvalue weighted by molar-refractivity contribution is 14.1. The molecule has 3 aromatic rings. The fourth-order valence-electron chi connectivity index (χ4n) is 2.40. The maximum atomic E-state index is 12.9. The molecule has 0 fully saturated rings. The number of nitrogens with one attached hydrogen (secondary N) is 1. The summed E-state index contributed by atoms with van der Waals surface area (Å²) in [5, 5.41) is 20.0. The molecular formula is C16H13F5IN5O3S2. The number of aryl methyl sites for hydroxylation is 1. The number of hydrogen-bond acceptors (Lipinski definition) is 6. The van der Waals surface area contributed by atoms with Crippen molar-refractivity contribution in [3.05, 3.63) is 54.4 Å². The molecule has 0 saturated carbocycles. The molecule has 32 heavy (non-hydrogen) atoms. The molecule has 1 aromatic heterocycles. The van der Waals surface area contributed by atoms with Gasteiger partial charge in [0.05, 0.1) is 11.3 Å². The second-order valence-electron chi connectivity index (χ2n) is 6.28. The molecule has 1 heterocycles. The standard InChI is InChI=1S/C16H13F5IN5O3S2/c1-26-9-23-25-16(26)31-14-7-4-11(27(30)22-29)8-13(14)15(28)24-10-2-5-12(6-3-10)32(17,18,19,20)21/h2-9,30H,1H3,(H,24,28). The molecule has 0 aliphatic carbocycles. The SMILES string of the molecule is Cn1cnnc1Sc1ccc(N(O)I=O)cc1C(=O)Nc1ccc(S(F)(F)(F)(F)F)cc1. The number of nitrogens with zero attached hydrogens (tertiary/aromatic N) is 4. The molecule has 3 rings (SSSR count). The molecule has 174 valence electrons. The van der Waals surface area contributed by atoms with Gasteiger partial charge in [0.1, 0.15) is 11.2 Å². The quantitative estimate of drug-likeness (QED) is 0.140. The lowest BCUT2D eigenvalue weighted by Gasteiger charge is -2.40. The number of halogens is 6. The Hall–Kier alpha value is -2.31. The minimum atomic E-state index is -9.84. The Labute approximate surface area is 192 Å². The summed E-state index contributed by atoms with van der Waals surface area (Å²) < 4.78 is 77.4. The largest absolute Gasteiger partial charge is 0.322 e. The van der Waals surface area contributed by atoms with Crippen LogP contribution in [0.3, 0.4) is 0 Å². The molecule has 0 saturated heterocycles. The zero-order chi connectivity index (χ0) is 23.8. The highest BCUT2D eigenvalue weighted by Crippen LogP contribution is 3.02. The topological polar surface area (TPSA) is 100 Å². The maximum Gasteiger partial charge on any atom is 0.310 e. The molecule has 2 aromatic carbocycles. The van der Waals surface area contributed by atoms with Gasteiger partial charge in [0.25, 0.3) is 27.4 Å². The van der Waals surface area contributed by atoms with E-state index in [9.17, 15) is 32.5 Å². The van der Waals surface area contributed by atoms with Gasteiger partial charge in [0.2, 0.25) is 0 Å². The zero-order valence-corrected chi connectivity index (χ0v) is 19.5. The lowest BCUT2D eigenvalue weighted by Crippen LogP contribution is -2.15. The first kappa shape index (κ1) is 24.3. The smallest absolute Gasteiger partial charge is 0.310 e. The molecule has 0 bridgehead atoms. The highest BCUT2D eigenvalue weighted by atomic mass is 127. The van der Waals surface area contributed by atoms with E-state index in [1.807, 2.05) is 0 Å². The predicted molar refractivity (Wildman–Crippen MR) is 116 cm³/mol. The lowest BCUT2D eigenvalue weighted by atomic mass is 10.2. The van der Waals surface area contributed by atoms with Gasteiger partial charge in [-0.3, -0.25) is 10.0 Å². The Kier molecular flexibility index (Phi) is 6.03. The van der Waals surface area contributed by atoms with E-state index >= 15 is 0 Å². The number of amides is 1. The molecule has 16 heteroatoms. The number of benzene rings is 2. The molecule has 0 aliphatic rings. The summed E-state index contributed by atoms with van der Waals surface area (Å²) in [6.45, 7) is 0. The summed E-state index contributed by atoms with van der Waals surface area (Å²) in [5.74, 6) is -0.811. The first-order chi connectivity index (χ1) is 14.7. The average Bonchev–Trinajstić information content (AvgIpc) is 3.10. The third kappa shape index (κ3) is 5.73. The van der Waals surface area contributed by atoms with Crippen LogP contribution in [0.25, 0.3) is 0 Å². The number of carbonyl (C=O) groups excluding carboxylic acids is 1. The summed E-state index contributed by atoms with van der Waals surface area (Å²) in [5.41, 5.74) is -0.168. The fraction of sp³-hybridized carbons (Fsp3) is 0.0625. The van der Waals surface area contributed by atoms with Gasteiger partial charge in [0, 0.05) is 17.6 Å². The first-order valence-electron chi connectivity index (χ1n) is 8.26. The van der Waals surface area contributed by atoms with Crippen molar-refractivity contribution >= 4 is 60.7 Å². The number of carbonyl (C=O) groups is 1. The Morgan fingerprint density at radius 3 is 2.34 bits per heavy atom. The van der Waals surface area contributed by atoms with Gasteiger partial charge in [-0.2, -0.15) is 3.28 Å². The van der Waals surface area contributed by atoms with E-state index in [1.54, 1.807) is 11.6 Å². The molecule has 0 radical (unpaired) electrons. The van der Waals surface area contributed by atoms with Gasteiger partial charge in [-0.15, -0.1) is 10.2 Å². The van der Waals surface area contributed by atoms with Gasteiger partial charge < -0.3 is 9.88 Å². The summed E-state index contributed by atoms with van der Waals surface area (Å²) in [6, 6.07) is 5.83. The van der Waals surface area contributed by atoms with Crippen molar-refractivity contribution in [3.63, 3.8) is 0 Å². The van der Waals surface area contributed by atoms with Crippen LogP contribution in [0, 0.1) is 0 Å². The Morgan fingerprint density at radius 1 is 1.16 bits per heavy atom. The van der Waals surface area contributed by atoms with E-state index in [0.29, 0.717) is 25.5 Å². The van der Waals surface area contributed by atoms with Crippen molar-refractivity contribution in [3.8, 4) is 0 Å². The number of aromatic nitrogens is 3. The van der Waals surface area contributed by atoms with Crippen molar-refractivity contribution < 1.29 is 32.5 Å². The Bertz CT molecular complexity index is 1190. The minimum absolute atomic E-state index is 0.0381. The van der Waals surface area contributed by atoms with Gasteiger partial charge in [-0.05, 0) is 54.2 Å². The van der Waals surface area contributed by atoms with Gasteiger partial charge in [0.15, 0.2) is 5.16 Å². The molecular weight excluding hydrogens is 596 g/mol. The second kappa shape index (κ2) is 7.92. The summed E-state index contributed by atoms with van der Waals surface area (Å²) in [4.78, 5) is 11.1. The summed E-state index contributed by atoms with van der Waals surface area (Å²) in [7, 11) is -8.18. The molecule has 8 nitrogen and oxygen atoms in total. The number of hydrogen-bond donors (Lipinski definition) is 2. The monoisotopic (exact) mass is 609 g/mol. The van der Waals surface area contributed by atoms with Crippen molar-refractivity contribution in [1.29, 1.82) is 0 Å². The van der Waals surface area contributed by atoms with E-state index in [-0.39, 0.29) is 29.1 Å². The molecule has 0 atom stereocenters. The molecule has 0 aliphatic heterocycles. The van der Waals surface area contributed by atoms with Crippen molar-refractivity contribution in [1.82, 2.24) is 14.8 Å². The van der Waals surface area contributed by atoms with E-state index in [4.69, 9.17) is 0 Å². The van der Waals surface area contributed by atoms with Crippen molar-refractivity contribution in [2.45, 2.75) is 14.9 Å². The normalized spacial score (nSPS) is 13.8. The number of anilines is 2. The Balaban J connectivity index is 1.93. The molecule has 1 amide bonds. The highest BCUT2D eigenvalue weighted by Gasteiger charge is 2.65. The van der Waals surface area contributed by atoms with Crippen LogP contribution in [-0.4, -0.2) is 25.9 Å². The maximum absolute atomic E-state index is 12.9.